The smallest absolute Gasteiger partial charge is 0.411 e. The Bertz CT molecular complexity index is 447. The predicted octanol–water partition coefficient (Wildman–Crippen LogP) is 2.64. The number of urea groups is 1. The van der Waals surface area contributed by atoms with E-state index < -0.39 is 6.09 Å². The number of anilines is 2. The quantitative estimate of drug-likeness (QED) is 0.783. The van der Waals surface area contributed by atoms with Crippen molar-refractivity contribution >= 4 is 23.5 Å². The summed E-state index contributed by atoms with van der Waals surface area (Å²) in [6, 6.07) is 6.53. The Morgan fingerprint density at radius 2 is 1.84 bits per heavy atom. The lowest BCUT2D eigenvalue weighted by atomic mass is 10.2. The third-order valence-corrected chi connectivity index (χ3v) is 2.22. The average Bonchev–Trinajstić information content (AvgIpc) is 2.36. The Balaban J connectivity index is 2.56. The number of ether oxygens (including phenoxy) is 1. The van der Waals surface area contributed by atoms with Crippen LogP contribution in [0.1, 0.15) is 13.8 Å². The van der Waals surface area contributed by atoms with Gasteiger partial charge in [-0.2, -0.15) is 0 Å². The van der Waals surface area contributed by atoms with Gasteiger partial charge in [0.05, 0.1) is 7.11 Å². The second-order valence-corrected chi connectivity index (χ2v) is 4.43. The van der Waals surface area contributed by atoms with Gasteiger partial charge in [-0.05, 0) is 24.1 Å². The van der Waals surface area contributed by atoms with Crippen molar-refractivity contribution in [1.29, 1.82) is 0 Å². The van der Waals surface area contributed by atoms with Crippen molar-refractivity contribution < 1.29 is 14.3 Å². The van der Waals surface area contributed by atoms with Gasteiger partial charge in [0.2, 0.25) is 0 Å². The minimum Gasteiger partial charge on any atom is -0.453 e. The van der Waals surface area contributed by atoms with Gasteiger partial charge in [-0.1, -0.05) is 19.9 Å². The van der Waals surface area contributed by atoms with Gasteiger partial charge in [-0.15, -0.1) is 0 Å². The van der Waals surface area contributed by atoms with Crippen molar-refractivity contribution in [1.82, 2.24) is 5.32 Å². The fourth-order valence-corrected chi connectivity index (χ4v) is 1.32. The Hall–Kier alpha value is -2.24. The van der Waals surface area contributed by atoms with Crippen molar-refractivity contribution in [3.63, 3.8) is 0 Å². The molecule has 19 heavy (non-hydrogen) atoms. The van der Waals surface area contributed by atoms with Gasteiger partial charge in [-0.3, -0.25) is 5.32 Å². The molecule has 6 heteroatoms. The molecule has 6 nitrogen and oxygen atoms in total. The number of hydrogen-bond donors (Lipinski definition) is 3. The van der Waals surface area contributed by atoms with E-state index in [0.717, 1.165) is 0 Å². The van der Waals surface area contributed by atoms with Crippen LogP contribution in [0.2, 0.25) is 0 Å². The molecular formula is C13H19N3O3. The lowest BCUT2D eigenvalue weighted by Crippen LogP contribution is -2.31. The van der Waals surface area contributed by atoms with Crippen LogP contribution >= 0.6 is 0 Å². The summed E-state index contributed by atoms with van der Waals surface area (Å²) in [7, 11) is 1.29. The average molecular weight is 265 g/mol. The van der Waals surface area contributed by atoms with E-state index in [9.17, 15) is 9.59 Å². The van der Waals surface area contributed by atoms with Crippen molar-refractivity contribution in [2.45, 2.75) is 13.8 Å². The Morgan fingerprint density at radius 3 is 2.42 bits per heavy atom. The molecule has 0 unspecified atom stereocenters. The molecule has 0 saturated carbocycles. The molecule has 1 rings (SSSR count). The normalized spacial score (nSPS) is 9.89. The number of hydrogen-bond acceptors (Lipinski definition) is 3. The molecule has 1 aromatic rings. The molecule has 0 fully saturated rings. The van der Waals surface area contributed by atoms with Gasteiger partial charge in [-0.25, -0.2) is 9.59 Å². The molecule has 0 aliphatic carbocycles. The van der Waals surface area contributed by atoms with Crippen LogP contribution in [-0.2, 0) is 4.74 Å². The molecule has 3 N–H and O–H groups in total. The molecule has 0 radical (unpaired) electrons. The van der Waals surface area contributed by atoms with Gasteiger partial charge >= 0.3 is 12.1 Å². The Labute approximate surface area is 112 Å². The lowest BCUT2D eigenvalue weighted by molar-refractivity contribution is 0.187. The highest BCUT2D eigenvalue weighted by molar-refractivity contribution is 5.91. The highest BCUT2D eigenvalue weighted by Crippen LogP contribution is 2.15. The first-order chi connectivity index (χ1) is 9.01. The summed E-state index contributed by atoms with van der Waals surface area (Å²) in [6.45, 7) is 4.63. The standard InChI is InChI=1S/C13H19N3O3/c1-9(2)8-14-12(17)15-10-5-4-6-11(7-10)16-13(18)19-3/h4-7,9H,8H2,1-3H3,(H,16,18)(H2,14,15,17). The van der Waals surface area contributed by atoms with E-state index in [1.54, 1.807) is 24.3 Å². The number of carbonyl (C=O) groups is 2. The third kappa shape index (κ3) is 5.76. The molecule has 3 amide bonds. The second kappa shape index (κ2) is 7.25. The van der Waals surface area contributed by atoms with Crippen LogP contribution in [0, 0.1) is 5.92 Å². The summed E-state index contributed by atoms with van der Waals surface area (Å²) in [5.74, 6) is 0.387. The lowest BCUT2D eigenvalue weighted by Gasteiger charge is -2.10. The van der Waals surface area contributed by atoms with Crippen LogP contribution in [0.5, 0.6) is 0 Å². The van der Waals surface area contributed by atoms with Crippen molar-refractivity contribution in [2.75, 3.05) is 24.3 Å². The maximum atomic E-state index is 11.6. The topological polar surface area (TPSA) is 79.5 Å². The minimum absolute atomic E-state index is 0.274. The number of methoxy groups -OCH3 is 1. The van der Waals surface area contributed by atoms with E-state index in [1.807, 2.05) is 13.8 Å². The third-order valence-electron chi connectivity index (χ3n) is 2.22. The summed E-state index contributed by atoms with van der Waals surface area (Å²) >= 11 is 0. The Morgan fingerprint density at radius 1 is 1.21 bits per heavy atom. The molecule has 0 bridgehead atoms. The van der Waals surface area contributed by atoms with Crippen molar-refractivity contribution in [3.05, 3.63) is 24.3 Å². The monoisotopic (exact) mass is 265 g/mol. The van der Waals surface area contributed by atoms with E-state index in [1.165, 1.54) is 7.11 Å². The molecule has 0 spiro atoms. The zero-order valence-corrected chi connectivity index (χ0v) is 11.3. The maximum Gasteiger partial charge on any atom is 0.411 e. The largest absolute Gasteiger partial charge is 0.453 e. The van der Waals surface area contributed by atoms with Crippen molar-refractivity contribution in [2.24, 2.45) is 5.92 Å². The van der Waals surface area contributed by atoms with E-state index in [0.29, 0.717) is 23.8 Å². The van der Waals surface area contributed by atoms with E-state index in [4.69, 9.17) is 0 Å². The van der Waals surface area contributed by atoms with Gasteiger partial charge in [0.15, 0.2) is 0 Å². The van der Waals surface area contributed by atoms with Crippen LogP contribution in [0.25, 0.3) is 0 Å². The molecule has 1 aromatic carbocycles. The summed E-state index contributed by atoms with van der Waals surface area (Å²) in [5, 5.41) is 7.95. The zero-order valence-electron chi connectivity index (χ0n) is 11.3. The first-order valence-corrected chi connectivity index (χ1v) is 6.01. The number of nitrogens with one attached hydrogen (secondary N) is 3. The predicted molar refractivity (Wildman–Crippen MR) is 74.3 cm³/mol. The van der Waals surface area contributed by atoms with E-state index in [-0.39, 0.29) is 6.03 Å². The number of rotatable bonds is 4. The number of carbonyl (C=O) groups excluding carboxylic acids is 2. The van der Waals surface area contributed by atoms with Crippen LogP contribution in [0.4, 0.5) is 21.0 Å². The summed E-state index contributed by atoms with van der Waals surface area (Å²) in [4.78, 5) is 22.6. The van der Waals surface area contributed by atoms with Gasteiger partial charge < -0.3 is 15.4 Å². The van der Waals surface area contributed by atoms with Gasteiger partial charge in [0, 0.05) is 17.9 Å². The molecule has 0 saturated heterocycles. The van der Waals surface area contributed by atoms with E-state index >= 15 is 0 Å². The van der Waals surface area contributed by atoms with Gasteiger partial charge in [0.1, 0.15) is 0 Å². The van der Waals surface area contributed by atoms with Gasteiger partial charge in [0.25, 0.3) is 0 Å². The summed E-state index contributed by atoms with van der Waals surface area (Å²) in [5.41, 5.74) is 1.14. The summed E-state index contributed by atoms with van der Waals surface area (Å²) < 4.78 is 4.49. The number of benzene rings is 1. The van der Waals surface area contributed by atoms with Crippen LogP contribution < -0.4 is 16.0 Å². The molecule has 0 aromatic heterocycles. The molecule has 0 aliphatic rings. The minimum atomic E-state index is -0.554. The maximum absolute atomic E-state index is 11.6. The summed E-state index contributed by atoms with van der Waals surface area (Å²) in [6.07, 6.45) is -0.554. The van der Waals surface area contributed by atoms with Crippen LogP contribution in [-0.4, -0.2) is 25.8 Å². The fraction of sp³-hybridized carbons (Fsp3) is 0.385. The SMILES string of the molecule is COC(=O)Nc1cccc(NC(=O)NCC(C)C)c1. The molecule has 0 heterocycles. The molecule has 0 aliphatic heterocycles. The second-order valence-electron chi connectivity index (χ2n) is 4.43. The number of amides is 3. The fourth-order valence-electron chi connectivity index (χ4n) is 1.32. The first-order valence-electron chi connectivity index (χ1n) is 6.01. The zero-order chi connectivity index (χ0) is 14.3. The Kier molecular flexibility index (Phi) is 5.66. The molecule has 104 valence electrons. The highest BCUT2D eigenvalue weighted by atomic mass is 16.5. The van der Waals surface area contributed by atoms with Crippen LogP contribution in [0.15, 0.2) is 24.3 Å². The molecular weight excluding hydrogens is 246 g/mol. The highest BCUT2D eigenvalue weighted by Gasteiger charge is 2.04. The van der Waals surface area contributed by atoms with Crippen LogP contribution in [0.3, 0.4) is 0 Å². The first kappa shape index (κ1) is 14.8. The van der Waals surface area contributed by atoms with Crippen molar-refractivity contribution in [3.8, 4) is 0 Å². The van der Waals surface area contributed by atoms with E-state index in [2.05, 4.69) is 20.7 Å². The molecule has 0 atom stereocenters.